The van der Waals surface area contributed by atoms with Gasteiger partial charge in [0.25, 0.3) is 0 Å². The molecule has 1 aliphatic heterocycles. The zero-order valence-electron chi connectivity index (χ0n) is 8.54. The molecule has 13 heavy (non-hydrogen) atoms. The Balaban J connectivity index is 2.68. The normalized spacial score (nSPS) is 22.5. The molecule has 0 unspecified atom stereocenters. The Hall–Kier alpha value is -0.860. The Labute approximate surface area is 79.1 Å². The van der Waals surface area contributed by atoms with Gasteiger partial charge in [0, 0.05) is 12.5 Å². The number of amides is 1. The summed E-state index contributed by atoms with van der Waals surface area (Å²) < 4.78 is 0. The summed E-state index contributed by atoms with van der Waals surface area (Å²) in [6.45, 7) is 6.06. The molecule has 1 rings (SSSR count). The zero-order chi connectivity index (χ0) is 10.0. The minimum atomic E-state index is -0.144. The van der Waals surface area contributed by atoms with Crippen molar-refractivity contribution in [1.29, 1.82) is 0 Å². The molecule has 1 saturated heterocycles. The molecule has 1 atom stereocenters. The van der Waals surface area contributed by atoms with Crippen LogP contribution in [0.25, 0.3) is 0 Å². The smallest absolute Gasteiger partial charge is 0.225 e. The molecule has 74 valence electrons. The van der Waals surface area contributed by atoms with Gasteiger partial charge in [-0.1, -0.05) is 13.8 Å². The fourth-order valence-electron chi connectivity index (χ4n) is 1.78. The largest absolute Gasteiger partial charge is 0.332 e. The molecule has 1 heterocycles. The van der Waals surface area contributed by atoms with Crippen LogP contribution in [0, 0.1) is 5.92 Å². The Morgan fingerprint density at radius 3 is 2.46 bits per heavy atom. The first kappa shape index (κ1) is 10.2. The second kappa shape index (κ2) is 3.90. The minimum absolute atomic E-state index is 0.0000463. The second-order valence-electron chi connectivity index (χ2n) is 3.96. The number of ketones is 1. The van der Waals surface area contributed by atoms with Crippen LogP contribution in [-0.2, 0) is 9.59 Å². The van der Waals surface area contributed by atoms with E-state index >= 15 is 0 Å². The lowest BCUT2D eigenvalue weighted by Crippen LogP contribution is -2.41. The summed E-state index contributed by atoms with van der Waals surface area (Å²) >= 11 is 0. The molecule has 1 amide bonds. The van der Waals surface area contributed by atoms with E-state index < -0.39 is 0 Å². The molecule has 0 bridgehead atoms. The molecule has 1 fully saturated rings. The Bertz CT molecular complexity index is 223. The monoisotopic (exact) mass is 183 g/mol. The number of Topliss-reactive ketones (excluding diaryl/α,β-unsaturated/α-hetero) is 1. The molecule has 3 heteroatoms. The van der Waals surface area contributed by atoms with Crippen LogP contribution < -0.4 is 0 Å². The fraction of sp³-hybridized carbons (Fsp3) is 0.800. The molecule has 0 aromatic carbocycles. The molecular weight excluding hydrogens is 166 g/mol. The van der Waals surface area contributed by atoms with Gasteiger partial charge in [-0.25, -0.2) is 0 Å². The summed E-state index contributed by atoms with van der Waals surface area (Å²) in [5, 5.41) is 0. The summed E-state index contributed by atoms with van der Waals surface area (Å²) in [6.07, 6.45) is 1.80. The number of rotatable bonds is 2. The van der Waals surface area contributed by atoms with Gasteiger partial charge in [0.05, 0.1) is 6.04 Å². The van der Waals surface area contributed by atoms with Crippen molar-refractivity contribution in [2.45, 2.75) is 39.7 Å². The highest BCUT2D eigenvalue weighted by molar-refractivity contribution is 5.88. The van der Waals surface area contributed by atoms with Crippen molar-refractivity contribution in [1.82, 2.24) is 4.90 Å². The van der Waals surface area contributed by atoms with E-state index in [0.29, 0.717) is 0 Å². The van der Waals surface area contributed by atoms with Gasteiger partial charge in [-0.2, -0.15) is 0 Å². The fourth-order valence-corrected chi connectivity index (χ4v) is 1.78. The van der Waals surface area contributed by atoms with E-state index in [1.54, 1.807) is 11.8 Å². The third kappa shape index (κ3) is 2.08. The van der Waals surface area contributed by atoms with Crippen LogP contribution in [0.3, 0.4) is 0 Å². The maximum absolute atomic E-state index is 11.6. The minimum Gasteiger partial charge on any atom is -0.332 e. The van der Waals surface area contributed by atoms with Crippen LogP contribution in [0.2, 0.25) is 0 Å². The van der Waals surface area contributed by atoms with Crippen LogP contribution in [-0.4, -0.2) is 29.2 Å². The van der Waals surface area contributed by atoms with Crippen molar-refractivity contribution in [3.63, 3.8) is 0 Å². The lowest BCUT2D eigenvalue weighted by molar-refractivity contribution is -0.139. The number of carbonyl (C=O) groups is 2. The number of hydrogen-bond acceptors (Lipinski definition) is 2. The summed E-state index contributed by atoms with van der Waals surface area (Å²) in [4.78, 5) is 24.6. The van der Waals surface area contributed by atoms with Crippen LogP contribution >= 0.6 is 0 Å². The first-order chi connectivity index (χ1) is 6.04. The van der Waals surface area contributed by atoms with Gasteiger partial charge in [-0.3, -0.25) is 9.59 Å². The van der Waals surface area contributed by atoms with E-state index in [1.165, 1.54) is 0 Å². The van der Waals surface area contributed by atoms with Gasteiger partial charge < -0.3 is 4.90 Å². The van der Waals surface area contributed by atoms with Crippen molar-refractivity contribution in [3.8, 4) is 0 Å². The maximum atomic E-state index is 11.6. The van der Waals surface area contributed by atoms with E-state index in [9.17, 15) is 9.59 Å². The third-order valence-corrected chi connectivity index (χ3v) is 2.50. The summed E-state index contributed by atoms with van der Waals surface area (Å²) in [6, 6.07) is -0.144. The second-order valence-corrected chi connectivity index (χ2v) is 3.96. The molecule has 0 aliphatic carbocycles. The van der Waals surface area contributed by atoms with Crippen LogP contribution in [0.1, 0.15) is 33.6 Å². The molecule has 0 N–H and O–H groups in total. The highest BCUT2D eigenvalue weighted by atomic mass is 16.2. The number of likely N-dealkylation sites (tertiary alicyclic amines) is 1. The number of hydrogen-bond donors (Lipinski definition) is 0. The van der Waals surface area contributed by atoms with E-state index in [1.807, 2.05) is 13.8 Å². The lowest BCUT2D eigenvalue weighted by Gasteiger charge is -2.24. The van der Waals surface area contributed by atoms with Crippen LogP contribution in [0.4, 0.5) is 0 Å². The molecular formula is C10H17NO2. The Morgan fingerprint density at radius 2 is 2.00 bits per heavy atom. The Morgan fingerprint density at radius 1 is 1.38 bits per heavy atom. The van der Waals surface area contributed by atoms with Gasteiger partial charge in [-0.05, 0) is 19.8 Å². The highest BCUT2D eigenvalue weighted by Gasteiger charge is 2.32. The van der Waals surface area contributed by atoms with E-state index in [-0.39, 0.29) is 23.7 Å². The maximum Gasteiger partial charge on any atom is 0.225 e. The zero-order valence-corrected chi connectivity index (χ0v) is 8.54. The molecule has 0 aromatic heterocycles. The van der Waals surface area contributed by atoms with E-state index in [0.717, 1.165) is 19.4 Å². The molecule has 0 saturated carbocycles. The van der Waals surface area contributed by atoms with Crippen molar-refractivity contribution in [2.75, 3.05) is 6.54 Å². The molecule has 3 nitrogen and oxygen atoms in total. The topological polar surface area (TPSA) is 37.4 Å². The summed E-state index contributed by atoms with van der Waals surface area (Å²) in [5.41, 5.74) is 0. The van der Waals surface area contributed by atoms with Crippen LogP contribution in [0.15, 0.2) is 0 Å². The predicted octanol–water partition coefficient (Wildman–Crippen LogP) is 1.22. The summed E-state index contributed by atoms with van der Waals surface area (Å²) in [7, 11) is 0. The molecule has 0 aromatic rings. The molecule has 0 radical (unpaired) electrons. The standard InChI is InChI=1S/C10H17NO2/c1-7(2)10(13)11-6-4-5-9(11)8(3)12/h7,9H,4-6H2,1-3H3/t9-/m1/s1. The van der Waals surface area contributed by atoms with Gasteiger partial charge >= 0.3 is 0 Å². The lowest BCUT2D eigenvalue weighted by atomic mass is 10.1. The highest BCUT2D eigenvalue weighted by Crippen LogP contribution is 2.20. The average Bonchev–Trinajstić information content (AvgIpc) is 2.50. The van der Waals surface area contributed by atoms with Gasteiger partial charge in [0.15, 0.2) is 5.78 Å². The SMILES string of the molecule is CC(=O)[C@H]1CCCN1C(=O)C(C)C. The van der Waals surface area contributed by atoms with Crippen molar-refractivity contribution in [3.05, 3.63) is 0 Å². The van der Waals surface area contributed by atoms with Crippen LogP contribution in [0.5, 0.6) is 0 Å². The first-order valence-electron chi connectivity index (χ1n) is 4.85. The van der Waals surface area contributed by atoms with Crippen molar-refractivity contribution >= 4 is 11.7 Å². The average molecular weight is 183 g/mol. The van der Waals surface area contributed by atoms with Crippen molar-refractivity contribution in [2.24, 2.45) is 5.92 Å². The number of nitrogens with zero attached hydrogens (tertiary/aromatic N) is 1. The van der Waals surface area contributed by atoms with Gasteiger partial charge in [0.2, 0.25) is 5.91 Å². The van der Waals surface area contributed by atoms with Gasteiger partial charge in [-0.15, -0.1) is 0 Å². The van der Waals surface area contributed by atoms with E-state index in [2.05, 4.69) is 0 Å². The van der Waals surface area contributed by atoms with Gasteiger partial charge in [0.1, 0.15) is 0 Å². The van der Waals surface area contributed by atoms with E-state index in [4.69, 9.17) is 0 Å². The summed E-state index contributed by atoms with van der Waals surface area (Å²) in [5.74, 6) is 0.226. The molecule has 1 aliphatic rings. The first-order valence-corrected chi connectivity index (χ1v) is 4.85. The number of carbonyl (C=O) groups excluding carboxylic acids is 2. The quantitative estimate of drug-likeness (QED) is 0.645. The predicted molar refractivity (Wildman–Crippen MR) is 50.3 cm³/mol. The molecule has 0 spiro atoms. The third-order valence-electron chi connectivity index (χ3n) is 2.50. The Kier molecular flexibility index (Phi) is 3.07. The van der Waals surface area contributed by atoms with Crippen molar-refractivity contribution < 1.29 is 9.59 Å².